The number of hydrogen-bond donors (Lipinski definition) is 1. The number of carbonyl (C=O) groups excluding carboxylic acids is 1. The minimum Gasteiger partial charge on any atom is -0.396 e. The average Bonchev–Trinajstić information content (AvgIpc) is 3.04. The number of aliphatic hydroxyl groups is 1. The number of nitrogens with zero attached hydrogens (tertiary/aromatic N) is 3. The quantitative estimate of drug-likeness (QED) is 0.941. The van der Waals surface area contributed by atoms with Gasteiger partial charge in [0.15, 0.2) is 5.69 Å². The van der Waals surface area contributed by atoms with Crippen molar-refractivity contribution in [2.75, 3.05) is 19.7 Å². The van der Waals surface area contributed by atoms with E-state index in [1.165, 1.54) is 10.7 Å². The Morgan fingerprint density at radius 2 is 2.18 bits per heavy atom. The Balaban J connectivity index is 1.79. The molecule has 1 fully saturated rings. The molecule has 2 aromatic rings. The van der Waals surface area contributed by atoms with E-state index in [0.717, 1.165) is 12.8 Å². The molecule has 1 N–H and O–H groups in total. The molecule has 5 nitrogen and oxygen atoms in total. The summed E-state index contributed by atoms with van der Waals surface area (Å²) in [6.07, 6.45) is 3.40. The van der Waals surface area contributed by atoms with Crippen LogP contribution in [-0.4, -0.2) is 45.4 Å². The van der Waals surface area contributed by atoms with Gasteiger partial charge in [0.1, 0.15) is 11.5 Å². The zero-order chi connectivity index (χ0) is 15.5. The molecule has 1 unspecified atom stereocenters. The third-order valence-corrected chi connectivity index (χ3v) is 3.97. The third-order valence-electron chi connectivity index (χ3n) is 3.97. The van der Waals surface area contributed by atoms with Crippen LogP contribution in [0.15, 0.2) is 36.5 Å². The van der Waals surface area contributed by atoms with Crippen LogP contribution in [0.2, 0.25) is 0 Å². The molecule has 6 heteroatoms. The molecule has 1 aromatic carbocycles. The monoisotopic (exact) mass is 303 g/mol. The van der Waals surface area contributed by atoms with E-state index in [4.69, 9.17) is 0 Å². The number of halogens is 1. The summed E-state index contributed by atoms with van der Waals surface area (Å²) >= 11 is 0. The number of benzene rings is 1. The molecule has 3 rings (SSSR count). The van der Waals surface area contributed by atoms with Crippen molar-refractivity contribution >= 4 is 5.91 Å². The molecular weight excluding hydrogens is 285 g/mol. The lowest BCUT2D eigenvalue weighted by molar-refractivity contribution is 0.0614. The second kappa shape index (κ2) is 6.27. The number of aliphatic hydroxyl groups excluding tert-OH is 1. The highest BCUT2D eigenvalue weighted by Gasteiger charge is 2.25. The minimum absolute atomic E-state index is 0.0907. The molecule has 0 saturated carbocycles. The second-order valence-electron chi connectivity index (χ2n) is 5.54. The van der Waals surface area contributed by atoms with Crippen molar-refractivity contribution in [2.24, 2.45) is 5.92 Å². The van der Waals surface area contributed by atoms with Crippen molar-refractivity contribution < 1.29 is 14.3 Å². The number of hydrogen-bond acceptors (Lipinski definition) is 3. The van der Waals surface area contributed by atoms with Crippen molar-refractivity contribution in [3.63, 3.8) is 0 Å². The lowest BCUT2D eigenvalue weighted by Crippen LogP contribution is -2.41. The second-order valence-corrected chi connectivity index (χ2v) is 5.54. The summed E-state index contributed by atoms with van der Waals surface area (Å²) in [5.74, 6) is -0.428. The van der Waals surface area contributed by atoms with Crippen molar-refractivity contribution in [1.29, 1.82) is 0 Å². The number of piperidine rings is 1. The van der Waals surface area contributed by atoms with Gasteiger partial charge in [-0.15, -0.1) is 0 Å². The van der Waals surface area contributed by atoms with Gasteiger partial charge in [0.2, 0.25) is 0 Å². The van der Waals surface area contributed by atoms with Crippen LogP contribution >= 0.6 is 0 Å². The Hall–Kier alpha value is -2.21. The minimum atomic E-state index is -0.386. The molecule has 0 bridgehead atoms. The third kappa shape index (κ3) is 2.87. The maximum atomic E-state index is 13.8. The summed E-state index contributed by atoms with van der Waals surface area (Å²) in [5.41, 5.74) is 0.607. The first-order valence-corrected chi connectivity index (χ1v) is 7.39. The fourth-order valence-electron chi connectivity index (χ4n) is 2.77. The molecule has 0 spiro atoms. The Bertz CT molecular complexity index is 671. The first-order chi connectivity index (χ1) is 10.7. The van der Waals surface area contributed by atoms with Crippen LogP contribution in [0.25, 0.3) is 5.69 Å². The molecule has 1 aromatic heterocycles. The summed E-state index contributed by atoms with van der Waals surface area (Å²) in [6, 6.07) is 7.89. The maximum Gasteiger partial charge on any atom is 0.274 e. The Morgan fingerprint density at radius 3 is 2.95 bits per heavy atom. The smallest absolute Gasteiger partial charge is 0.274 e. The molecule has 2 heterocycles. The predicted octanol–water partition coefficient (Wildman–Crippen LogP) is 1.86. The number of likely N-dealkylation sites (tertiary alicyclic amines) is 1. The Labute approximate surface area is 128 Å². The fraction of sp³-hybridized carbons (Fsp3) is 0.375. The molecule has 0 radical (unpaired) electrons. The standard InChI is InChI=1S/C16H18FN3O2/c17-13-5-1-2-6-15(13)20-9-7-14(18-20)16(22)19-8-3-4-12(10-19)11-21/h1-2,5-7,9,12,21H,3-4,8,10-11H2. The molecule has 1 saturated heterocycles. The summed E-state index contributed by atoms with van der Waals surface area (Å²) in [7, 11) is 0. The van der Waals surface area contributed by atoms with Crippen LogP contribution in [0.3, 0.4) is 0 Å². The SMILES string of the molecule is O=C(c1ccn(-c2ccccc2F)n1)N1CCCC(CO)C1. The van der Waals surface area contributed by atoms with Crippen molar-refractivity contribution in [2.45, 2.75) is 12.8 Å². The van der Waals surface area contributed by atoms with Crippen LogP contribution in [0, 0.1) is 11.7 Å². The van der Waals surface area contributed by atoms with Gasteiger partial charge >= 0.3 is 0 Å². The van der Waals surface area contributed by atoms with Crippen LogP contribution in [0.1, 0.15) is 23.3 Å². The summed E-state index contributed by atoms with van der Waals surface area (Å²) < 4.78 is 15.1. The first kappa shape index (κ1) is 14.7. The van der Waals surface area contributed by atoms with Crippen molar-refractivity contribution in [3.05, 3.63) is 48.0 Å². The van der Waals surface area contributed by atoms with Crippen molar-refractivity contribution in [3.8, 4) is 5.69 Å². The molecule has 22 heavy (non-hydrogen) atoms. The van der Waals surface area contributed by atoms with Gasteiger partial charge in [-0.1, -0.05) is 12.1 Å². The van der Waals surface area contributed by atoms with Crippen LogP contribution in [0.5, 0.6) is 0 Å². The summed E-state index contributed by atoms with van der Waals surface area (Å²) in [4.78, 5) is 14.2. The molecule has 1 atom stereocenters. The van der Waals surface area contributed by atoms with Gasteiger partial charge in [-0.3, -0.25) is 4.79 Å². The van der Waals surface area contributed by atoms with Gasteiger partial charge in [0, 0.05) is 25.9 Å². The fourth-order valence-corrected chi connectivity index (χ4v) is 2.77. The van der Waals surface area contributed by atoms with Gasteiger partial charge in [-0.2, -0.15) is 5.10 Å². The number of para-hydroxylation sites is 1. The van der Waals surface area contributed by atoms with E-state index in [9.17, 15) is 14.3 Å². The molecule has 1 amide bonds. The highest BCUT2D eigenvalue weighted by Crippen LogP contribution is 2.18. The normalized spacial score (nSPS) is 18.5. The highest BCUT2D eigenvalue weighted by molar-refractivity contribution is 5.92. The number of rotatable bonds is 3. The number of aromatic nitrogens is 2. The van der Waals surface area contributed by atoms with Gasteiger partial charge in [-0.05, 0) is 37.0 Å². The zero-order valence-corrected chi connectivity index (χ0v) is 12.2. The average molecular weight is 303 g/mol. The molecular formula is C16H18FN3O2. The van der Waals surface area contributed by atoms with Crippen LogP contribution in [-0.2, 0) is 0 Å². The largest absolute Gasteiger partial charge is 0.396 e. The van der Waals surface area contributed by atoms with E-state index >= 15 is 0 Å². The van der Waals surface area contributed by atoms with E-state index in [0.29, 0.717) is 24.5 Å². The molecule has 1 aliphatic rings. The van der Waals surface area contributed by atoms with E-state index < -0.39 is 0 Å². The topological polar surface area (TPSA) is 58.4 Å². The highest BCUT2D eigenvalue weighted by atomic mass is 19.1. The lowest BCUT2D eigenvalue weighted by atomic mass is 9.99. The van der Waals surface area contributed by atoms with E-state index in [2.05, 4.69) is 5.10 Å². The number of carbonyl (C=O) groups is 1. The van der Waals surface area contributed by atoms with Crippen LogP contribution < -0.4 is 0 Å². The van der Waals surface area contributed by atoms with Crippen LogP contribution in [0.4, 0.5) is 4.39 Å². The van der Waals surface area contributed by atoms with E-state index in [-0.39, 0.29) is 24.2 Å². The first-order valence-electron chi connectivity index (χ1n) is 7.39. The zero-order valence-electron chi connectivity index (χ0n) is 12.2. The predicted molar refractivity (Wildman–Crippen MR) is 79.2 cm³/mol. The lowest BCUT2D eigenvalue weighted by Gasteiger charge is -2.31. The Kier molecular flexibility index (Phi) is 4.20. The van der Waals surface area contributed by atoms with Gasteiger partial charge in [-0.25, -0.2) is 9.07 Å². The molecule has 116 valence electrons. The maximum absolute atomic E-state index is 13.8. The molecule has 1 aliphatic heterocycles. The number of amides is 1. The Morgan fingerprint density at radius 1 is 1.36 bits per heavy atom. The summed E-state index contributed by atoms with van der Waals surface area (Å²) in [5, 5.41) is 13.4. The van der Waals surface area contributed by atoms with Gasteiger partial charge < -0.3 is 10.0 Å². The van der Waals surface area contributed by atoms with Crippen molar-refractivity contribution in [1.82, 2.24) is 14.7 Å². The van der Waals surface area contributed by atoms with Gasteiger partial charge in [0.05, 0.1) is 0 Å². The molecule has 0 aliphatic carbocycles. The summed E-state index contributed by atoms with van der Waals surface area (Å²) in [6.45, 7) is 1.30. The van der Waals surface area contributed by atoms with E-state index in [1.54, 1.807) is 35.4 Å². The van der Waals surface area contributed by atoms with Gasteiger partial charge in [0.25, 0.3) is 5.91 Å². The van der Waals surface area contributed by atoms with E-state index in [1.807, 2.05) is 0 Å².